The number of amidine groups is 1. The Hall–Kier alpha value is -1.55. The summed E-state index contributed by atoms with van der Waals surface area (Å²) in [6.07, 6.45) is 4.18. The monoisotopic (exact) mass is 270 g/mol. The average Bonchev–Trinajstić information content (AvgIpc) is 2.70. The van der Waals surface area contributed by atoms with Crippen LogP contribution in [0, 0.1) is 0 Å². The first-order valence-corrected chi connectivity index (χ1v) is 6.02. The third kappa shape index (κ3) is 4.37. The van der Waals surface area contributed by atoms with E-state index in [9.17, 15) is 4.79 Å². The summed E-state index contributed by atoms with van der Waals surface area (Å²) < 4.78 is 4.61. The minimum Gasteiger partial charge on any atom is -0.466 e. The maximum Gasteiger partial charge on any atom is 0.334 e. The second kappa shape index (κ2) is 8.53. The molecule has 0 amide bonds. The molecule has 0 aromatic rings. The molecule has 0 radical (unpaired) electrons. The third-order valence-electron chi connectivity index (χ3n) is 1.89. The second-order valence-electron chi connectivity index (χ2n) is 3.50. The number of hydrogen-bond acceptors (Lipinski definition) is 4. The number of carbonyl (C=O) groups excluding carboxylic acids is 1. The van der Waals surface area contributed by atoms with Crippen molar-refractivity contribution in [3.63, 3.8) is 0 Å². The molecule has 0 aromatic heterocycles. The molecule has 1 aliphatic heterocycles. The highest BCUT2D eigenvalue weighted by atomic mass is 35.5. The lowest BCUT2D eigenvalue weighted by Crippen LogP contribution is -2.20. The molecule has 4 nitrogen and oxygen atoms in total. The number of halogens is 1. The van der Waals surface area contributed by atoms with E-state index in [2.05, 4.69) is 35.5 Å². The molecule has 5 heteroatoms. The van der Waals surface area contributed by atoms with Gasteiger partial charge in [-0.3, -0.25) is 0 Å². The van der Waals surface area contributed by atoms with Gasteiger partial charge in [-0.25, -0.2) is 9.79 Å². The van der Waals surface area contributed by atoms with Crippen LogP contribution in [0.15, 0.2) is 40.1 Å². The van der Waals surface area contributed by atoms with Gasteiger partial charge in [0.1, 0.15) is 5.84 Å². The Morgan fingerprint density at radius 1 is 1.61 bits per heavy atom. The number of hydrogen-bond donors (Lipinski definition) is 1. The van der Waals surface area contributed by atoms with E-state index in [1.165, 1.54) is 25.9 Å². The van der Waals surface area contributed by atoms with E-state index in [-0.39, 0.29) is 0 Å². The maximum absolute atomic E-state index is 11.3. The van der Waals surface area contributed by atoms with Gasteiger partial charge in [0.2, 0.25) is 0 Å². The number of esters is 1. The number of rotatable bonds is 2. The third-order valence-corrected chi connectivity index (χ3v) is 2.17. The average molecular weight is 271 g/mol. The molecule has 0 saturated heterocycles. The Morgan fingerprint density at radius 2 is 2.17 bits per heavy atom. The zero-order chi connectivity index (χ0) is 14.1. The molecule has 0 fully saturated rings. The highest BCUT2D eigenvalue weighted by Gasteiger charge is 2.21. The Morgan fingerprint density at radius 3 is 2.61 bits per heavy atom. The van der Waals surface area contributed by atoms with Gasteiger partial charge in [-0.2, -0.15) is 0 Å². The molecule has 100 valence electrons. The van der Waals surface area contributed by atoms with Crippen molar-refractivity contribution in [1.82, 2.24) is 5.32 Å². The van der Waals surface area contributed by atoms with E-state index < -0.39 is 5.97 Å². The van der Waals surface area contributed by atoms with E-state index >= 15 is 0 Å². The summed E-state index contributed by atoms with van der Waals surface area (Å²) in [6, 6.07) is 0. The van der Waals surface area contributed by atoms with Crippen molar-refractivity contribution in [1.29, 1.82) is 0 Å². The maximum atomic E-state index is 11.3. The molecule has 0 aromatic carbocycles. The molecule has 1 N–H and O–H groups in total. The van der Waals surface area contributed by atoms with Gasteiger partial charge in [-0.05, 0) is 13.1 Å². The van der Waals surface area contributed by atoms with E-state index in [1.807, 2.05) is 0 Å². The van der Waals surface area contributed by atoms with Gasteiger partial charge in [0.25, 0.3) is 0 Å². The SMILES string of the molecule is C=CNC1=NC=C(Cl)/C1=C(/C)C(=O)OC.CCC. The molecule has 0 aliphatic carbocycles. The first kappa shape index (κ1) is 16.4. The van der Waals surface area contributed by atoms with Crippen LogP contribution in [0.4, 0.5) is 0 Å². The number of carbonyl (C=O) groups is 1. The van der Waals surface area contributed by atoms with Crippen molar-refractivity contribution in [2.24, 2.45) is 4.99 Å². The van der Waals surface area contributed by atoms with Crippen LogP contribution in [0.1, 0.15) is 27.2 Å². The van der Waals surface area contributed by atoms with Gasteiger partial charge in [0, 0.05) is 17.3 Å². The first-order valence-electron chi connectivity index (χ1n) is 5.64. The molecule has 1 aliphatic rings. The molecule has 1 rings (SSSR count). The Balaban J connectivity index is 0.000000873. The van der Waals surface area contributed by atoms with E-state index in [1.54, 1.807) is 6.92 Å². The normalized spacial score (nSPS) is 15.8. The zero-order valence-corrected chi connectivity index (χ0v) is 12.0. The standard InChI is InChI=1S/C10H11ClN2O2.C3H8/c1-4-12-9-8(7(11)5-13-9)6(2)10(14)15-3;1-3-2/h4-5H,1H2,2-3H3,(H,12,13);3H2,1-2H3/b8-6+;. The van der Waals surface area contributed by atoms with Crippen LogP contribution in [0.2, 0.25) is 0 Å². The Labute approximate surface area is 113 Å². The molecular weight excluding hydrogens is 252 g/mol. The molecule has 0 spiro atoms. The lowest BCUT2D eigenvalue weighted by atomic mass is 10.1. The second-order valence-corrected chi connectivity index (χ2v) is 3.91. The van der Waals surface area contributed by atoms with Crippen molar-refractivity contribution in [2.45, 2.75) is 27.2 Å². The van der Waals surface area contributed by atoms with Gasteiger partial charge in [-0.15, -0.1) is 0 Å². The topological polar surface area (TPSA) is 50.7 Å². The summed E-state index contributed by atoms with van der Waals surface area (Å²) in [4.78, 5) is 15.3. The number of methoxy groups -OCH3 is 1. The van der Waals surface area contributed by atoms with E-state index in [0.717, 1.165) is 0 Å². The molecule has 0 atom stereocenters. The molecule has 0 bridgehead atoms. The summed E-state index contributed by atoms with van der Waals surface area (Å²) in [5.41, 5.74) is 0.952. The predicted molar refractivity (Wildman–Crippen MR) is 75.4 cm³/mol. The number of nitrogens with zero attached hydrogens (tertiary/aromatic N) is 1. The number of ether oxygens (including phenoxy) is 1. The quantitative estimate of drug-likeness (QED) is 0.620. The van der Waals surface area contributed by atoms with Crippen molar-refractivity contribution in [2.75, 3.05) is 7.11 Å². The highest BCUT2D eigenvalue weighted by Crippen LogP contribution is 2.25. The summed E-state index contributed by atoms with van der Waals surface area (Å²) in [5, 5.41) is 3.20. The van der Waals surface area contributed by atoms with Gasteiger partial charge >= 0.3 is 5.97 Å². The van der Waals surface area contributed by atoms with Crippen LogP contribution in [-0.2, 0) is 9.53 Å². The summed E-state index contributed by atoms with van der Waals surface area (Å²) >= 11 is 5.91. The van der Waals surface area contributed by atoms with Gasteiger partial charge < -0.3 is 10.1 Å². The van der Waals surface area contributed by atoms with Gasteiger partial charge in [-0.1, -0.05) is 38.4 Å². The number of nitrogens with one attached hydrogen (secondary N) is 1. The molecule has 18 heavy (non-hydrogen) atoms. The van der Waals surface area contributed by atoms with Gasteiger partial charge in [0.15, 0.2) is 0 Å². The Kier molecular flexibility index (Phi) is 7.79. The van der Waals surface area contributed by atoms with Crippen LogP contribution < -0.4 is 5.32 Å². The fourth-order valence-electron chi connectivity index (χ4n) is 1.18. The zero-order valence-electron chi connectivity index (χ0n) is 11.2. The van der Waals surface area contributed by atoms with Crippen LogP contribution in [-0.4, -0.2) is 18.9 Å². The largest absolute Gasteiger partial charge is 0.466 e. The minimum atomic E-state index is -0.433. The van der Waals surface area contributed by atoms with E-state index in [4.69, 9.17) is 11.6 Å². The molecule has 1 heterocycles. The van der Waals surface area contributed by atoms with E-state index in [0.29, 0.717) is 22.0 Å². The van der Waals surface area contributed by atoms with Crippen LogP contribution in [0.3, 0.4) is 0 Å². The summed E-state index contributed by atoms with van der Waals surface area (Å²) in [6.45, 7) is 9.39. The Bertz CT molecular complexity index is 409. The molecular formula is C13H19ClN2O2. The van der Waals surface area contributed by atoms with Gasteiger partial charge in [0.05, 0.1) is 12.1 Å². The number of aliphatic imine (C=N–C) groups is 1. The fraction of sp³-hybridized carbons (Fsp3) is 0.385. The first-order chi connectivity index (χ1) is 8.53. The molecule has 0 saturated carbocycles. The predicted octanol–water partition coefficient (Wildman–Crippen LogP) is 3.12. The molecule has 0 unspecified atom stereocenters. The smallest absolute Gasteiger partial charge is 0.334 e. The fourth-order valence-corrected chi connectivity index (χ4v) is 1.46. The lowest BCUT2D eigenvalue weighted by molar-refractivity contribution is -0.136. The summed E-state index contributed by atoms with van der Waals surface area (Å²) in [5.74, 6) is 0.0647. The van der Waals surface area contributed by atoms with Crippen molar-refractivity contribution < 1.29 is 9.53 Å². The summed E-state index contributed by atoms with van der Waals surface area (Å²) in [7, 11) is 1.32. The van der Waals surface area contributed by atoms with Crippen LogP contribution in [0.25, 0.3) is 0 Å². The van der Waals surface area contributed by atoms with Crippen molar-refractivity contribution >= 4 is 23.4 Å². The minimum absolute atomic E-state index is 0.405. The van der Waals surface area contributed by atoms with Crippen LogP contribution >= 0.6 is 11.6 Å². The van der Waals surface area contributed by atoms with Crippen molar-refractivity contribution in [3.8, 4) is 0 Å². The van der Waals surface area contributed by atoms with Crippen LogP contribution in [0.5, 0.6) is 0 Å². The van der Waals surface area contributed by atoms with Crippen molar-refractivity contribution in [3.05, 3.63) is 35.2 Å². The lowest BCUT2D eigenvalue weighted by Gasteiger charge is -2.07. The highest BCUT2D eigenvalue weighted by molar-refractivity contribution is 6.37.